The maximum Gasteiger partial charge on any atom is 0.150 e. The van der Waals surface area contributed by atoms with E-state index in [0.29, 0.717) is 12.4 Å². The number of aromatic hydroxyl groups is 2. The van der Waals surface area contributed by atoms with Crippen molar-refractivity contribution in [2.75, 3.05) is 32.9 Å². The number of hydrogen-bond acceptors (Lipinski definition) is 5. The third-order valence-corrected chi connectivity index (χ3v) is 6.95. The van der Waals surface area contributed by atoms with Crippen molar-refractivity contribution in [1.29, 1.82) is 0 Å². The highest BCUT2D eigenvalue weighted by Gasteiger charge is 2.30. The van der Waals surface area contributed by atoms with Gasteiger partial charge in [-0.05, 0) is 66.1 Å². The van der Waals surface area contributed by atoms with E-state index in [4.69, 9.17) is 21.1 Å². The minimum absolute atomic E-state index is 0.0138. The maximum atomic E-state index is 12.6. The number of allylic oxidation sites excluding steroid dienone is 1. The second-order valence-electron chi connectivity index (χ2n) is 9.08. The number of nitrogens with zero attached hydrogens (tertiary/aromatic N) is 1. The predicted octanol–water partition coefficient (Wildman–Crippen LogP) is 6.10. The standard InChI is InChI=1S/C28H27ClFNO4/c1-17-23-13-21(32)5-9-26(23)35-28(27(17)20-4-8-25(33)24(29)12-20)19-2-6-22(7-3-19)34-11-10-31-15-18(14-30)16-31/h2-9,12-13,18,28,32-33H,10-11,14-16H2,1H3. The van der Waals surface area contributed by atoms with Crippen LogP contribution in [0.3, 0.4) is 0 Å². The third-order valence-electron chi connectivity index (χ3n) is 6.65. The number of rotatable bonds is 7. The highest BCUT2D eigenvalue weighted by molar-refractivity contribution is 6.32. The second-order valence-corrected chi connectivity index (χ2v) is 9.49. The quantitative estimate of drug-likeness (QED) is 0.415. The lowest BCUT2D eigenvalue weighted by atomic mass is 9.86. The van der Waals surface area contributed by atoms with Gasteiger partial charge in [0.05, 0.1) is 11.7 Å². The highest BCUT2D eigenvalue weighted by Crippen LogP contribution is 2.48. The number of hydrogen-bond donors (Lipinski definition) is 2. The van der Waals surface area contributed by atoms with Gasteiger partial charge in [-0.15, -0.1) is 0 Å². The van der Waals surface area contributed by atoms with E-state index in [-0.39, 0.29) is 29.1 Å². The number of likely N-dealkylation sites (tertiary alicyclic amines) is 1. The van der Waals surface area contributed by atoms with Gasteiger partial charge in [0.1, 0.15) is 35.7 Å². The molecule has 2 N–H and O–H groups in total. The Labute approximate surface area is 209 Å². The summed E-state index contributed by atoms with van der Waals surface area (Å²) in [6.45, 7) is 4.66. The smallest absolute Gasteiger partial charge is 0.150 e. The van der Waals surface area contributed by atoms with Gasteiger partial charge in [-0.1, -0.05) is 29.8 Å². The Morgan fingerprint density at radius 2 is 1.83 bits per heavy atom. The fraction of sp³-hybridized carbons (Fsp3) is 0.286. The monoisotopic (exact) mass is 495 g/mol. The summed E-state index contributed by atoms with van der Waals surface area (Å²) < 4.78 is 24.9. The molecule has 1 fully saturated rings. The molecule has 0 bridgehead atoms. The van der Waals surface area contributed by atoms with Gasteiger partial charge in [-0.25, -0.2) is 0 Å². The van der Waals surface area contributed by atoms with E-state index in [1.807, 2.05) is 37.3 Å². The SMILES string of the molecule is CC1=C(c2ccc(O)c(Cl)c2)C(c2ccc(OCCN3CC(CF)C3)cc2)Oc2ccc(O)cc21. The van der Waals surface area contributed by atoms with E-state index in [0.717, 1.165) is 53.2 Å². The van der Waals surface area contributed by atoms with Crippen LogP contribution in [0.5, 0.6) is 23.0 Å². The zero-order valence-corrected chi connectivity index (χ0v) is 20.1. The molecule has 0 aromatic heterocycles. The van der Waals surface area contributed by atoms with Crippen LogP contribution in [0.15, 0.2) is 60.7 Å². The van der Waals surface area contributed by atoms with Gasteiger partial charge in [-0.2, -0.15) is 0 Å². The highest BCUT2D eigenvalue weighted by atomic mass is 35.5. The van der Waals surface area contributed by atoms with Crippen LogP contribution >= 0.6 is 11.6 Å². The van der Waals surface area contributed by atoms with Gasteiger partial charge < -0.3 is 19.7 Å². The Hall–Kier alpha value is -3.22. The molecule has 7 heteroatoms. The number of phenols is 2. The van der Waals surface area contributed by atoms with Crippen LogP contribution < -0.4 is 9.47 Å². The number of alkyl halides is 1. The van der Waals surface area contributed by atoms with Crippen molar-refractivity contribution in [3.63, 3.8) is 0 Å². The molecule has 0 radical (unpaired) electrons. The normalized spacial score (nSPS) is 18.1. The predicted molar refractivity (Wildman–Crippen MR) is 135 cm³/mol. The third kappa shape index (κ3) is 4.81. The molecule has 0 amide bonds. The van der Waals surface area contributed by atoms with Crippen LogP contribution in [0.1, 0.15) is 29.7 Å². The van der Waals surface area contributed by atoms with Crippen molar-refractivity contribution in [1.82, 2.24) is 4.90 Å². The molecule has 2 aliphatic heterocycles. The number of fused-ring (bicyclic) bond motifs is 1. The minimum atomic E-state index is -0.416. The average Bonchev–Trinajstić information content (AvgIpc) is 2.83. The maximum absolute atomic E-state index is 12.6. The molecule has 2 aliphatic rings. The van der Waals surface area contributed by atoms with Gasteiger partial charge in [0.2, 0.25) is 0 Å². The first-order valence-corrected chi connectivity index (χ1v) is 12.0. The molecule has 1 saturated heterocycles. The molecule has 2 heterocycles. The first-order valence-electron chi connectivity index (χ1n) is 11.6. The number of ether oxygens (including phenoxy) is 2. The molecule has 3 aromatic rings. The molecular formula is C28H27ClFNO4. The molecule has 0 spiro atoms. The fourth-order valence-corrected chi connectivity index (χ4v) is 4.89. The zero-order chi connectivity index (χ0) is 24.5. The molecular weight excluding hydrogens is 469 g/mol. The van der Waals surface area contributed by atoms with Gasteiger partial charge in [0.25, 0.3) is 0 Å². The molecule has 0 aliphatic carbocycles. The van der Waals surface area contributed by atoms with Crippen molar-refractivity contribution in [3.8, 4) is 23.0 Å². The Kier molecular flexibility index (Phi) is 6.58. The van der Waals surface area contributed by atoms with Crippen LogP contribution in [0.4, 0.5) is 4.39 Å². The molecule has 1 atom stereocenters. The van der Waals surface area contributed by atoms with Crippen molar-refractivity contribution in [3.05, 3.63) is 82.4 Å². The largest absolute Gasteiger partial charge is 0.508 e. The van der Waals surface area contributed by atoms with Gasteiger partial charge in [0.15, 0.2) is 0 Å². The molecule has 182 valence electrons. The summed E-state index contributed by atoms with van der Waals surface area (Å²) in [4.78, 5) is 2.19. The topological polar surface area (TPSA) is 62.2 Å². The van der Waals surface area contributed by atoms with Gasteiger partial charge in [0, 0.05) is 36.7 Å². The molecule has 5 rings (SSSR count). The summed E-state index contributed by atoms with van der Waals surface area (Å²) >= 11 is 6.23. The lowest BCUT2D eigenvalue weighted by Crippen LogP contribution is -2.49. The van der Waals surface area contributed by atoms with Crippen LogP contribution in [0.2, 0.25) is 5.02 Å². The lowest BCUT2D eigenvalue weighted by molar-refractivity contribution is 0.0668. The van der Waals surface area contributed by atoms with Crippen LogP contribution in [0, 0.1) is 5.92 Å². The summed E-state index contributed by atoms with van der Waals surface area (Å²) in [5, 5.41) is 20.2. The van der Waals surface area contributed by atoms with Crippen molar-refractivity contribution >= 4 is 22.7 Å². The van der Waals surface area contributed by atoms with E-state index >= 15 is 0 Å². The first kappa shape index (κ1) is 23.5. The zero-order valence-electron chi connectivity index (χ0n) is 19.4. The van der Waals surface area contributed by atoms with E-state index in [2.05, 4.69) is 4.90 Å². The molecule has 35 heavy (non-hydrogen) atoms. The number of benzene rings is 3. The summed E-state index contributed by atoms with van der Waals surface area (Å²) in [6, 6.07) is 18.0. The van der Waals surface area contributed by atoms with Crippen LogP contribution in [-0.4, -0.2) is 48.0 Å². The summed E-state index contributed by atoms with van der Waals surface area (Å²) in [5.41, 5.74) is 4.42. The van der Waals surface area contributed by atoms with E-state index < -0.39 is 6.10 Å². The van der Waals surface area contributed by atoms with E-state index in [9.17, 15) is 14.6 Å². The van der Waals surface area contributed by atoms with Crippen LogP contribution in [-0.2, 0) is 0 Å². The Bertz CT molecular complexity index is 1250. The van der Waals surface area contributed by atoms with Gasteiger partial charge >= 0.3 is 0 Å². The Morgan fingerprint density at radius 1 is 1.06 bits per heavy atom. The van der Waals surface area contributed by atoms with Crippen molar-refractivity contribution in [2.24, 2.45) is 5.92 Å². The van der Waals surface area contributed by atoms with Crippen molar-refractivity contribution < 1.29 is 24.1 Å². The van der Waals surface area contributed by atoms with Crippen LogP contribution in [0.25, 0.3) is 11.1 Å². The lowest BCUT2D eigenvalue weighted by Gasteiger charge is -2.37. The Morgan fingerprint density at radius 3 is 2.54 bits per heavy atom. The Balaban J connectivity index is 1.40. The molecule has 0 saturated carbocycles. The molecule has 1 unspecified atom stereocenters. The summed E-state index contributed by atoms with van der Waals surface area (Å²) in [7, 11) is 0. The fourth-order valence-electron chi connectivity index (χ4n) is 4.71. The first-order chi connectivity index (χ1) is 16.9. The summed E-state index contributed by atoms with van der Waals surface area (Å²) in [5.74, 6) is 1.79. The van der Waals surface area contributed by atoms with Crippen molar-refractivity contribution in [2.45, 2.75) is 13.0 Å². The van der Waals surface area contributed by atoms with E-state index in [1.54, 1.807) is 30.3 Å². The summed E-state index contributed by atoms with van der Waals surface area (Å²) in [6.07, 6.45) is -0.416. The van der Waals surface area contributed by atoms with Gasteiger partial charge in [-0.3, -0.25) is 9.29 Å². The molecule has 5 nitrogen and oxygen atoms in total. The number of phenolic OH excluding ortho intramolecular Hbond substituents is 2. The number of halogens is 2. The molecule has 3 aromatic carbocycles. The second kappa shape index (κ2) is 9.80. The minimum Gasteiger partial charge on any atom is -0.508 e. The van der Waals surface area contributed by atoms with E-state index in [1.165, 1.54) is 0 Å². The average molecular weight is 496 g/mol.